The van der Waals surface area contributed by atoms with Crippen LogP contribution in [0.1, 0.15) is 6.92 Å². The van der Waals surface area contributed by atoms with E-state index in [1.54, 1.807) is 27.8 Å². The molecule has 1 rings (SSSR count). The number of rotatable bonds is 5. The number of aromatic nitrogens is 1. The monoisotopic (exact) mass is 263 g/mol. The number of halogens is 1. The summed E-state index contributed by atoms with van der Waals surface area (Å²) < 4.78 is 4.66. The van der Waals surface area contributed by atoms with E-state index >= 15 is 0 Å². The molecule has 0 amide bonds. The van der Waals surface area contributed by atoms with Crippen molar-refractivity contribution in [2.24, 2.45) is 0 Å². The Kier molecular flexibility index (Phi) is 5.90. The van der Waals surface area contributed by atoms with Crippen molar-refractivity contribution >= 4 is 38.6 Å². The molecule has 0 unspecified atom stereocenters. The lowest BCUT2D eigenvalue weighted by Crippen LogP contribution is -2.07. The Bertz CT molecular complexity index is 310. The van der Waals surface area contributed by atoms with E-state index in [1.807, 2.05) is 25.1 Å². The molecule has 0 aliphatic carbocycles. The van der Waals surface area contributed by atoms with E-state index in [2.05, 4.69) is 9.72 Å². The van der Waals surface area contributed by atoms with Gasteiger partial charge < -0.3 is 4.74 Å². The van der Waals surface area contributed by atoms with Crippen molar-refractivity contribution in [1.82, 2.24) is 4.98 Å². The van der Waals surface area contributed by atoms with Crippen LogP contribution in [0.15, 0.2) is 29.4 Å². The van der Waals surface area contributed by atoms with Crippen molar-refractivity contribution in [2.45, 2.75) is 17.2 Å². The van der Waals surface area contributed by atoms with Crippen molar-refractivity contribution in [1.29, 1.82) is 0 Å². The first-order chi connectivity index (χ1) is 7.18. The Hall–Kier alpha value is -0.390. The average Bonchev–Trinajstić information content (AvgIpc) is 2.25. The van der Waals surface area contributed by atoms with Crippen LogP contribution in [-0.4, -0.2) is 22.3 Å². The summed E-state index contributed by atoms with van der Waals surface area (Å²) in [4.78, 5) is 14.5. The molecule has 15 heavy (non-hydrogen) atoms. The van der Waals surface area contributed by atoms with Gasteiger partial charge >= 0.3 is 5.43 Å². The lowest BCUT2D eigenvalue weighted by molar-refractivity contribution is 0.175. The number of ether oxygens (including phenoxy) is 1. The standard InChI is InChI=1S/C9H10ClNO2S2/c1-7(6-13-9(10)12)14-15-8-4-2-3-5-11-8/h2-5,7H,6H2,1H3/t7-/m1/s1. The Morgan fingerprint density at radius 2 is 2.47 bits per heavy atom. The lowest BCUT2D eigenvalue weighted by Gasteiger charge is -2.08. The van der Waals surface area contributed by atoms with E-state index in [4.69, 9.17) is 11.6 Å². The first kappa shape index (κ1) is 12.7. The van der Waals surface area contributed by atoms with Crippen LogP contribution in [0.2, 0.25) is 0 Å². The summed E-state index contributed by atoms with van der Waals surface area (Å²) in [6, 6.07) is 5.73. The Morgan fingerprint density at radius 1 is 1.67 bits per heavy atom. The molecule has 82 valence electrons. The quantitative estimate of drug-likeness (QED) is 0.600. The SMILES string of the molecule is C[C@H](COC(=O)Cl)SSc1ccccn1. The van der Waals surface area contributed by atoms with E-state index in [9.17, 15) is 4.79 Å². The summed E-state index contributed by atoms with van der Waals surface area (Å²) in [6.07, 6.45) is 1.74. The first-order valence-electron chi connectivity index (χ1n) is 4.25. The number of nitrogens with zero attached hydrogens (tertiary/aromatic N) is 1. The van der Waals surface area contributed by atoms with Crippen LogP contribution in [0.5, 0.6) is 0 Å². The van der Waals surface area contributed by atoms with Crippen molar-refractivity contribution in [3.63, 3.8) is 0 Å². The molecule has 0 N–H and O–H groups in total. The van der Waals surface area contributed by atoms with Gasteiger partial charge in [0.05, 0.1) is 0 Å². The zero-order chi connectivity index (χ0) is 11.1. The number of carbonyl (C=O) groups is 1. The van der Waals surface area contributed by atoms with Gasteiger partial charge in [0, 0.05) is 23.0 Å². The molecule has 0 aromatic carbocycles. The molecule has 1 atom stereocenters. The summed E-state index contributed by atoms with van der Waals surface area (Å²) >= 11 is 5.05. The molecule has 6 heteroatoms. The predicted octanol–water partition coefficient (Wildman–Crippen LogP) is 3.59. The number of carbonyl (C=O) groups excluding carboxylic acids is 1. The van der Waals surface area contributed by atoms with E-state index in [1.165, 1.54) is 0 Å². The Balaban J connectivity index is 2.22. The van der Waals surface area contributed by atoms with Crippen LogP contribution in [0, 0.1) is 0 Å². The molecular formula is C9H10ClNO2S2. The smallest absolute Gasteiger partial charge is 0.403 e. The molecular weight excluding hydrogens is 254 g/mol. The summed E-state index contributed by atoms with van der Waals surface area (Å²) in [5, 5.41) is 1.12. The maximum Gasteiger partial charge on any atom is 0.403 e. The maximum atomic E-state index is 10.3. The van der Waals surface area contributed by atoms with Gasteiger partial charge in [-0.15, -0.1) is 0 Å². The molecule has 1 heterocycles. The minimum absolute atomic E-state index is 0.180. The summed E-state index contributed by atoms with van der Waals surface area (Å²) in [5.41, 5.74) is -0.759. The molecule has 0 fully saturated rings. The van der Waals surface area contributed by atoms with E-state index in [0.29, 0.717) is 6.61 Å². The topological polar surface area (TPSA) is 39.2 Å². The molecule has 0 saturated heterocycles. The number of pyridine rings is 1. The second-order valence-electron chi connectivity index (χ2n) is 2.71. The van der Waals surface area contributed by atoms with Gasteiger partial charge in [0.25, 0.3) is 0 Å². The van der Waals surface area contributed by atoms with Crippen LogP contribution in [0.3, 0.4) is 0 Å². The van der Waals surface area contributed by atoms with E-state index < -0.39 is 5.43 Å². The average molecular weight is 264 g/mol. The molecule has 1 aromatic heterocycles. The largest absolute Gasteiger partial charge is 0.452 e. The van der Waals surface area contributed by atoms with Crippen LogP contribution in [0.4, 0.5) is 4.79 Å². The van der Waals surface area contributed by atoms with Gasteiger partial charge in [-0.3, -0.25) is 0 Å². The molecule has 0 spiro atoms. The molecule has 0 saturated carbocycles. The number of hydrogen-bond donors (Lipinski definition) is 0. The van der Waals surface area contributed by atoms with Gasteiger partial charge in [0.2, 0.25) is 0 Å². The van der Waals surface area contributed by atoms with Crippen molar-refractivity contribution in [3.05, 3.63) is 24.4 Å². The summed E-state index contributed by atoms with van der Waals surface area (Å²) in [7, 11) is 3.14. The van der Waals surface area contributed by atoms with Crippen LogP contribution < -0.4 is 0 Å². The number of hydrogen-bond acceptors (Lipinski definition) is 5. The normalized spacial score (nSPS) is 12.1. The molecule has 1 aromatic rings. The fraction of sp³-hybridized carbons (Fsp3) is 0.333. The fourth-order valence-corrected chi connectivity index (χ4v) is 2.68. The fourth-order valence-electron chi connectivity index (χ4n) is 0.738. The highest BCUT2D eigenvalue weighted by Crippen LogP contribution is 2.32. The van der Waals surface area contributed by atoms with Gasteiger partial charge in [-0.1, -0.05) is 16.9 Å². The Morgan fingerprint density at radius 3 is 3.07 bits per heavy atom. The van der Waals surface area contributed by atoms with Crippen molar-refractivity contribution < 1.29 is 9.53 Å². The van der Waals surface area contributed by atoms with Crippen LogP contribution in [-0.2, 0) is 4.74 Å². The zero-order valence-electron chi connectivity index (χ0n) is 8.05. The van der Waals surface area contributed by atoms with Gasteiger partial charge in [0.1, 0.15) is 11.6 Å². The third kappa shape index (κ3) is 5.92. The minimum atomic E-state index is -0.759. The summed E-state index contributed by atoms with van der Waals surface area (Å²) in [5.74, 6) is 0. The molecule has 0 aliphatic rings. The highest BCUT2D eigenvalue weighted by molar-refractivity contribution is 8.76. The maximum absolute atomic E-state index is 10.3. The molecule has 0 aliphatic heterocycles. The molecule has 0 radical (unpaired) electrons. The minimum Gasteiger partial charge on any atom is -0.452 e. The Labute approximate surface area is 101 Å². The third-order valence-electron chi connectivity index (χ3n) is 1.37. The first-order valence-corrected chi connectivity index (χ1v) is 6.84. The predicted molar refractivity (Wildman–Crippen MR) is 64.3 cm³/mol. The van der Waals surface area contributed by atoms with E-state index in [0.717, 1.165) is 5.03 Å². The second kappa shape index (κ2) is 6.98. The third-order valence-corrected chi connectivity index (χ3v) is 4.24. The lowest BCUT2D eigenvalue weighted by atomic mass is 10.5. The summed E-state index contributed by atoms with van der Waals surface area (Å²) in [6.45, 7) is 2.27. The molecule has 0 bridgehead atoms. The van der Waals surface area contributed by atoms with E-state index in [-0.39, 0.29) is 5.25 Å². The van der Waals surface area contributed by atoms with Gasteiger partial charge in [-0.05, 0) is 29.9 Å². The highest BCUT2D eigenvalue weighted by atomic mass is 35.5. The second-order valence-corrected chi connectivity index (χ2v) is 5.67. The van der Waals surface area contributed by atoms with Crippen molar-refractivity contribution in [3.8, 4) is 0 Å². The van der Waals surface area contributed by atoms with Gasteiger partial charge in [-0.2, -0.15) is 0 Å². The van der Waals surface area contributed by atoms with Crippen LogP contribution in [0.25, 0.3) is 0 Å². The van der Waals surface area contributed by atoms with Gasteiger partial charge in [0.15, 0.2) is 0 Å². The van der Waals surface area contributed by atoms with Gasteiger partial charge in [-0.25, -0.2) is 9.78 Å². The zero-order valence-corrected chi connectivity index (χ0v) is 10.4. The van der Waals surface area contributed by atoms with Crippen molar-refractivity contribution in [2.75, 3.05) is 6.61 Å². The van der Waals surface area contributed by atoms with Crippen LogP contribution >= 0.6 is 33.2 Å². The highest BCUT2D eigenvalue weighted by Gasteiger charge is 2.07. The molecule has 3 nitrogen and oxygen atoms in total.